The van der Waals surface area contributed by atoms with Crippen LogP contribution in [0.2, 0.25) is 0 Å². The largest absolute Gasteiger partial charge is 0.369 e. The van der Waals surface area contributed by atoms with Crippen LogP contribution in [0.25, 0.3) is 0 Å². The highest BCUT2D eigenvalue weighted by atomic mass is 16.2. The third-order valence-electron chi connectivity index (χ3n) is 6.17. The molecule has 140 valence electrons. The fraction of sp³-hybridized carbons (Fsp3) is 0.600. The summed E-state index contributed by atoms with van der Waals surface area (Å²) in [6, 6.07) is 5.68. The average molecular weight is 356 g/mol. The summed E-state index contributed by atoms with van der Waals surface area (Å²) in [5, 5.41) is 0. The average Bonchev–Trinajstić information content (AvgIpc) is 2.88. The summed E-state index contributed by atoms with van der Waals surface area (Å²) < 4.78 is 0. The van der Waals surface area contributed by atoms with Crippen molar-refractivity contribution in [3.8, 4) is 0 Å². The summed E-state index contributed by atoms with van der Waals surface area (Å²) in [6.45, 7) is 7.74. The number of hydrogen-bond donors (Lipinski definition) is 0. The Morgan fingerprint density at radius 2 is 1.54 bits per heavy atom. The normalized spacial score (nSPS) is 23.0. The first-order valence-electron chi connectivity index (χ1n) is 9.65. The SMILES string of the molecule is CN1CCC(CN2CCN(c3ccc4c(c3)C(=O)N(C)C4=O)CC2)CC1. The number of benzene rings is 1. The molecular weight excluding hydrogens is 328 g/mol. The molecule has 0 spiro atoms. The number of imide groups is 1. The zero-order valence-electron chi connectivity index (χ0n) is 15.8. The lowest BCUT2D eigenvalue weighted by Crippen LogP contribution is -2.48. The van der Waals surface area contributed by atoms with E-state index >= 15 is 0 Å². The van der Waals surface area contributed by atoms with Gasteiger partial charge in [-0.25, -0.2) is 0 Å². The van der Waals surface area contributed by atoms with Crippen LogP contribution in [0.1, 0.15) is 33.6 Å². The van der Waals surface area contributed by atoms with E-state index in [0.29, 0.717) is 11.1 Å². The number of carbonyl (C=O) groups excluding carboxylic acids is 2. The third-order valence-corrected chi connectivity index (χ3v) is 6.17. The predicted octanol–water partition coefficient (Wildman–Crippen LogP) is 1.38. The van der Waals surface area contributed by atoms with Crippen molar-refractivity contribution >= 4 is 17.5 Å². The molecular formula is C20H28N4O2. The number of piperazine rings is 1. The fourth-order valence-corrected chi connectivity index (χ4v) is 4.34. The Morgan fingerprint density at radius 1 is 0.885 bits per heavy atom. The lowest BCUT2D eigenvalue weighted by molar-refractivity contribution is 0.0693. The van der Waals surface area contributed by atoms with E-state index in [1.165, 1.54) is 37.4 Å². The van der Waals surface area contributed by atoms with Crippen molar-refractivity contribution in [1.82, 2.24) is 14.7 Å². The number of rotatable bonds is 3. The van der Waals surface area contributed by atoms with Crippen molar-refractivity contribution in [3.63, 3.8) is 0 Å². The molecule has 1 aromatic rings. The predicted molar refractivity (Wildman–Crippen MR) is 102 cm³/mol. The first-order valence-corrected chi connectivity index (χ1v) is 9.65. The van der Waals surface area contributed by atoms with Gasteiger partial charge >= 0.3 is 0 Å². The van der Waals surface area contributed by atoms with E-state index in [4.69, 9.17) is 0 Å². The van der Waals surface area contributed by atoms with Gasteiger partial charge in [0.1, 0.15) is 0 Å². The molecule has 3 aliphatic rings. The van der Waals surface area contributed by atoms with Crippen LogP contribution in [0.3, 0.4) is 0 Å². The van der Waals surface area contributed by atoms with Gasteiger partial charge < -0.3 is 9.80 Å². The zero-order valence-corrected chi connectivity index (χ0v) is 15.8. The zero-order chi connectivity index (χ0) is 18.3. The van der Waals surface area contributed by atoms with Crippen molar-refractivity contribution < 1.29 is 9.59 Å². The molecule has 1 aromatic carbocycles. The summed E-state index contributed by atoms with van der Waals surface area (Å²) in [7, 11) is 3.76. The molecule has 6 heteroatoms. The van der Waals surface area contributed by atoms with E-state index < -0.39 is 0 Å². The molecule has 6 nitrogen and oxygen atoms in total. The second kappa shape index (κ2) is 7.00. The maximum absolute atomic E-state index is 12.2. The highest BCUT2D eigenvalue weighted by Gasteiger charge is 2.33. The molecule has 0 saturated carbocycles. The summed E-state index contributed by atoms with van der Waals surface area (Å²) in [6.07, 6.45) is 2.62. The maximum atomic E-state index is 12.2. The Morgan fingerprint density at radius 3 is 2.23 bits per heavy atom. The standard InChI is InChI=1S/C20H28N4O2/c1-21-7-5-15(6-8-21)14-23-9-11-24(12-10-23)16-3-4-17-18(13-16)20(26)22(2)19(17)25/h3-4,13,15H,5-12,14H2,1-2H3. The molecule has 2 amide bonds. The number of fused-ring (bicyclic) bond motifs is 1. The van der Waals surface area contributed by atoms with E-state index in [9.17, 15) is 9.59 Å². The summed E-state index contributed by atoms with van der Waals surface area (Å²) in [5.74, 6) is 0.448. The smallest absolute Gasteiger partial charge is 0.261 e. The first kappa shape index (κ1) is 17.5. The monoisotopic (exact) mass is 356 g/mol. The Labute approximate surface area is 155 Å². The number of likely N-dealkylation sites (tertiary alicyclic amines) is 1. The number of anilines is 1. The van der Waals surface area contributed by atoms with Crippen LogP contribution in [-0.2, 0) is 0 Å². The third kappa shape index (κ3) is 3.23. The summed E-state index contributed by atoms with van der Waals surface area (Å²) in [4.78, 5) is 32.8. The fourth-order valence-electron chi connectivity index (χ4n) is 4.34. The number of piperidine rings is 1. The van der Waals surface area contributed by atoms with E-state index in [2.05, 4.69) is 21.7 Å². The molecule has 0 radical (unpaired) electrons. The maximum Gasteiger partial charge on any atom is 0.261 e. The number of carbonyl (C=O) groups is 2. The number of nitrogens with zero attached hydrogens (tertiary/aromatic N) is 4. The van der Waals surface area contributed by atoms with Crippen molar-refractivity contribution in [2.24, 2.45) is 5.92 Å². The minimum atomic E-state index is -0.195. The second-order valence-electron chi connectivity index (χ2n) is 7.93. The van der Waals surface area contributed by atoms with Gasteiger partial charge in [-0.15, -0.1) is 0 Å². The molecule has 3 heterocycles. The Hall–Kier alpha value is -1.92. The lowest BCUT2D eigenvalue weighted by Gasteiger charge is -2.39. The highest BCUT2D eigenvalue weighted by molar-refractivity contribution is 6.21. The van der Waals surface area contributed by atoms with Gasteiger partial charge in [0.25, 0.3) is 11.8 Å². The highest BCUT2D eigenvalue weighted by Crippen LogP contribution is 2.27. The van der Waals surface area contributed by atoms with Crippen LogP contribution < -0.4 is 4.90 Å². The summed E-state index contributed by atoms with van der Waals surface area (Å²) in [5.41, 5.74) is 2.13. The Kier molecular flexibility index (Phi) is 4.71. The Bertz CT molecular complexity index is 704. The summed E-state index contributed by atoms with van der Waals surface area (Å²) >= 11 is 0. The van der Waals surface area contributed by atoms with Gasteiger partial charge in [0.05, 0.1) is 11.1 Å². The van der Waals surface area contributed by atoms with Crippen molar-refractivity contribution in [2.45, 2.75) is 12.8 Å². The first-order chi connectivity index (χ1) is 12.5. The lowest BCUT2D eigenvalue weighted by atomic mass is 9.96. The van der Waals surface area contributed by atoms with E-state index in [0.717, 1.165) is 37.8 Å². The molecule has 3 aliphatic heterocycles. The molecule has 2 fully saturated rings. The van der Waals surface area contributed by atoms with Crippen molar-refractivity contribution in [2.75, 3.05) is 64.8 Å². The second-order valence-corrected chi connectivity index (χ2v) is 7.93. The van der Waals surface area contributed by atoms with Crippen molar-refractivity contribution in [1.29, 1.82) is 0 Å². The van der Waals surface area contributed by atoms with Crippen LogP contribution in [0.5, 0.6) is 0 Å². The molecule has 4 rings (SSSR count). The van der Waals surface area contributed by atoms with Gasteiger partial charge in [-0.2, -0.15) is 0 Å². The van der Waals surface area contributed by atoms with E-state index in [1.807, 2.05) is 12.1 Å². The van der Waals surface area contributed by atoms with Gasteiger partial charge in [-0.1, -0.05) is 0 Å². The van der Waals surface area contributed by atoms with E-state index in [-0.39, 0.29) is 11.8 Å². The molecule has 0 N–H and O–H groups in total. The molecule has 0 unspecified atom stereocenters. The van der Waals surface area contributed by atoms with Crippen LogP contribution in [0, 0.1) is 5.92 Å². The minimum absolute atomic E-state index is 0.187. The van der Waals surface area contributed by atoms with E-state index in [1.54, 1.807) is 13.1 Å². The van der Waals surface area contributed by atoms with Gasteiger partial charge in [-0.05, 0) is 57.1 Å². The molecule has 0 aliphatic carbocycles. The van der Waals surface area contributed by atoms with Crippen molar-refractivity contribution in [3.05, 3.63) is 29.3 Å². The van der Waals surface area contributed by atoms with Crippen LogP contribution in [0.15, 0.2) is 18.2 Å². The van der Waals surface area contributed by atoms with Gasteiger partial charge in [0, 0.05) is 45.5 Å². The van der Waals surface area contributed by atoms with Crippen LogP contribution in [-0.4, -0.2) is 86.4 Å². The van der Waals surface area contributed by atoms with Gasteiger partial charge in [-0.3, -0.25) is 19.4 Å². The Balaban J connectivity index is 1.35. The van der Waals surface area contributed by atoms with Gasteiger partial charge in [0.2, 0.25) is 0 Å². The molecule has 2 saturated heterocycles. The quantitative estimate of drug-likeness (QED) is 0.766. The molecule has 0 aromatic heterocycles. The van der Waals surface area contributed by atoms with Crippen LogP contribution in [0.4, 0.5) is 5.69 Å². The van der Waals surface area contributed by atoms with Crippen LogP contribution >= 0.6 is 0 Å². The topological polar surface area (TPSA) is 47.1 Å². The molecule has 0 bridgehead atoms. The van der Waals surface area contributed by atoms with Gasteiger partial charge in [0.15, 0.2) is 0 Å². The molecule has 0 atom stereocenters. The minimum Gasteiger partial charge on any atom is -0.369 e. The number of hydrogen-bond acceptors (Lipinski definition) is 5. The number of amides is 2. The molecule has 26 heavy (non-hydrogen) atoms.